The van der Waals surface area contributed by atoms with Crippen LogP contribution in [0.2, 0.25) is 0 Å². The smallest absolute Gasteiger partial charge is 0.347 e. The van der Waals surface area contributed by atoms with Crippen LogP contribution in [-0.2, 0) is 0 Å². The van der Waals surface area contributed by atoms with Gasteiger partial charge in [-0.15, -0.1) is 0 Å². The maximum absolute atomic E-state index is 10.1. The maximum Gasteiger partial charge on any atom is 0.347 e. The quantitative estimate of drug-likeness (QED) is 0.145. The molecule has 0 radical (unpaired) electrons. The first-order valence-corrected chi connectivity index (χ1v) is 1.99. The predicted molar refractivity (Wildman–Crippen MR) is 28.6 cm³/mol. The van der Waals surface area contributed by atoms with Crippen LogP contribution in [0.4, 0.5) is 9.59 Å². The fourth-order valence-electron chi connectivity index (χ4n) is 0.154. The Bertz CT molecular complexity index is 122. The van der Waals surface area contributed by atoms with Gasteiger partial charge in [-0.3, -0.25) is 5.43 Å². The molecule has 52 valence electrons. The number of hydrazine groups is 2. The van der Waals surface area contributed by atoms with Crippen molar-refractivity contribution in [3.05, 3.63) is 0 Å². The van der Waals surface area contributed by atoms with Gasteiger partial charge in [-0.1, -0.05) is 0 Å². The molecule has 0 aromatic rings. The first-order valence-electron chi connectivity index (χ1n) is 1.99. The summed E-state index contributed by atoms with van der Waals surface area (Å²) in [6, 6.07) is -1.60. The highest BCUT2D eigenvalue weighted by Gasteiger charge is 1.94. The lowest BCUT2D eigenvalue weighted by Gasteiger charge is -2.01. The highest BCUT2D eigenvalue weighted by Crippen LogP contribution is 1.52. The average Bonchev–Trinajstić information content (AvgIpc) is 1.83. The van der Waals surface area contributed by atoms with E-state index in [1.807, 2.05) is 5.43 Å². The zero-order chi connectivity index (χ0) is 7.28. The summed E-state index contributed by atoms with van der Waals surface area (Å²) in [6.07, 6.45) is 0. The average molecular weight is 133 g/mol. The van der Waals surface area contributed by atoms with Crippen LogP contribution in [0.5, 0.6) is 0 Å². The number of urea groups is 2. The number of nitrogens with one attached hydrogen (secondary N) is 3. The van der Waals surface area contributed by atoms with Gasteiger partial charge in [-0.2, -0.15) is 0 Å². The molecular formula is C2H7N5O2. The number of carbonyl (C=O) groups excluding carboxylic acids is 2. The topological polar surface area (TPSA) is 122 Å². The molecule has 7 nitrogen and oxygen atoms in total. The van der Waals surface area contributed by atoms with E-state index in [0.717, 1.165) is 0 Å². The molecule has 7 heteroatoms. The lowest BCUT2D eigenvalue weighted by atomic mass is 11.0. The number of carbonyl (C=O) groups is 2. The standard InChI is InChI=1S/C2H7N5O2/c3-1(8)6-7-2(9)5-4/h4H2,(H3,3,6,8)(H2,5,7,9). The van der Waals surface area contributed by atoms with Crippen molar-refractivity contribution >= 4 is 12.1 Å². The number of hydrogen-bond donors (Lipinski definition) is 5. The monoisotopic (exact) mass is 133 g/mol. The fraction of sp³-hybridized carbons (Fsp3) is 0. The second kappa shape index (κ2) is 3.50. The Balaban J connectivity index is 3.28. The first-order chi connectivity index (χ1) is 4.16. The fourth-order valence-corrected chi connectivity index (χ4v) is 0.154. The Labute approximate surface area is 50.7 Å². The molecule has 0 saturated carbocycles. The van der Waals surface area contributed by atoms with Crippen LogP contribution < -0.4 is 27.9 Å². The van der Waals surface area contributed by atoms with E-state index in [1.165, 1.54) is 0 Å². The van der Waals surface area contributed by atoms with E-state index in [1.54, 1.807) is 10.9 Å². The van der Waals surface area contributed by atoms with Gasteiger partial charge in [0.15, 0.2) is 0 Å². The van der Waals surface area contributed by atoms with E-state index in [0.29, 0.717) is 0 Å². The summed E-state index contributed by atoms with van der Waals surface area (Å²) in [5.74, 6) is 4.60. The molecule has 0 unspecified atom stereocenters. The second-order valence-electron chi connectivity index (χ2n) is 1.09. The Morgan fingerprint density at radius 3 is 2.11 bits per heavy atom. The van der Waals surface area contributed by atoms with E-state index in [-0.39, 0.29) is 0 Å². The van der Waals surface area contributed by atoms with E-state index in [2.05, 4.69) is 11.6 Å². The zero-order valence-electron chi connectivity index (χ0n) is 4.47. The molecule has 0 rings (SSSR count). The lowest BCUT2D eigenvalue weighted by Crippen LogP contribution is -2.50. The third kappa shape index (κ3) is 4.35. The molecule has 0 atom stereocenters. The van der Waals surface area contributed by atoms with Crippen LogP contribution >= 0.6 is 0 Å². The van der Waals surface area contributed by atoms with Crippen molar-refractivity contribution in [1.82, 2.24) is 16.3 Å². The maximum atomic E-state index is 10.1. The minimum atomic E-state index is -0.862. The van der Waals surface area contributed by atoms with Crippen molar-refractivity contribution in [3.63, 3.8) is 0 Å². The molecule has 0 heterocycles. The minimum absolute atomic E-state index is 0.742. The molecule has 0 aromatic heterocycles. The number of rotatable bonds is 0. The van der Waals surface area contributed by atoms with E-state index < -0.39 is 12.1 Å². The SMILES string of the molecule is NNC(=O)NNC(N)=O. The summed E-state index contributed by atoms with van der Waals surface area (Å²) in [4.78, 5) is 19.9. The van der Waals surface area contributed by atoms with Crippen molar-refractivity contribution in [2.75, 3.05) is 0 Å². The molecule has 0 saturated heterocycles. The van der Waals surface area contributed by atoms with Gasteiger partial charge in [0, 0.05) is 0 Å². The molecule has 0 aliphatic heterocycles. The highest BCUT2D eigenvalue weighted by atomic mass is 16.2. The summed E-state index contributed by atoms with van der Waals surface area (Å²) in [7, 11) is 0. The van der Waals surface area contributed by atoms with E-state index >= 15 is 0 Å². The lowest BCUT2D eigenvalue weighted by molar-refractivity contribution is 0.228. The van der Waals surface area contributed by atoms with Gasteiger partial charge in [-0.25, -0.2) is 26.3 Å². The molecule has 0 fully saturated rings. The van der Waals surface area contributed by atoms with Crippen LogP contribution in [0, 0.1) is 0 Å². The normalized spacial score (nSPS) is 7.67. The van der Waals surface area contributed by atoms with E-state index in [9.17, 15) is 9.59 Å². The summed E-state index contributed by atoms with van der Waals surface area (Å²) < 4.78 is 0. The first kappa shape index (κ1) is 7.50. The molecule has 0 aromatic carbocycles. The van der Waals surface area contributed by atoms with Gasteiger partial charge < -0.3 is 5.73 Å². The number of hydrogen-bond acceptors (Lipinski definition) is 3. The van der Waals surface area contributed by atoms with Crippen LogP contribution in [0.1, 0.15) is 0 Å². The third-order valence-corrected chi connectivity index (χ3v) is 0.430. The Kier molecular flexibility index (Phi) is 2.91. The molecule has 0 aliphatic carbocycles. The largest absolute Gasteiger partial charge is 0.350 e. The summed E-state index contributed by atoms with van der Waals surface area (Å²) >= 11 is 0. The Hall–Kier alpha value is -1.50. The molecule has 4 amide bonds. The predicted octanol–water partition coefficient (Wildman–Crippen LogP) is -2.26. The van der Waals surface area contributed by atoms with Gasteiger partial charge in [-0.05, 0) is 0 Å². The molecular weight excluding hydrogens is 126 g/mol. The Morgan fingerprint density at radius 2 is 1.78 bits per heavy atom. The molecule has 0 spiro atoms. The summed E-state index contributed by atoms with van der Waals surface area (Å²) in [5, 5.41) is 0. The van der Waals surface area contributed by atoms with Crippen LogP contribution in [0.25, 0.3) is 0 Å². The van der Waals surface area contributed by atoms with Gasteiger partial charge in [0.05, 0.1) is 0 Å². The molecule has 9 heavy (non-hydrogen) atoms. The van der Waals surface area contributed by atoms with Gasteiger partial charge >= 0.3 is 12.1 Å². The van der Waals surface area contributed by atoms with Gasteiger partial charge in [0.1, 0.15) is 0 Å². The second-order valence-corrected chi connectivity index (χ2v) is 1.09. The van der Waals surface area contributed by atoms with Crippen molar-refractivity contribution in [2.24, 2.45) is 11.6 Å². The highest BCUT2D eigenvalue weighted by molar-refractivity contribution is 5.78. The molecule has 0 bridgehead atoms. The number of amides is 4. The van der Waals surface area contributed by atoms with Crippen LogP contribution in [0.3, 0.4) is 0 Å². The molecule has 0 aliphatic rings. The van der Waals surface area contributed by atoms with Crippen molar-refractivity contribution in [3.8, 4) is 0 Å². The third-order valence-electron chi connectivity index (χ3n) is 0.430. The van der Waals surface area contributed by atoms with Crippen molar-refractivity contribution in [1.29, 1.82) is 0 Å². The summed E-state index contributed by atoms with van der Waals surface area (Å²) in [6.45, 7) is 0. The number of nitrogens with two attached hydrogens (primary N) is 2. The van der Waals surface area contributed by atoms with Crippen molar-refractivity contribution in [2.45, 2.75) is 0 Å². The van der Waals surface area contributed by atoms with E-state index in [4.69, 9.17) is 0 Å². The summed E-state index contributed by atoms with van der Waals surface area (Å²) in [5.41, 5.74) is 9.89. The van der Waals surface area contributed by atoms with Crippen LogP contribution in [0.15, 0.2) is 0 Å². The van der Waals surface area contributed by atoms with Gasteiger partial charge in [0.25, 0.3) is 0 Å². The molecule has 7 N–H and O–H groups in total. The minimum Gasteiger partial charge on any atom is -0.350 e. The Morgan fingerprint density at radius 1 is 1.22 bits per heavy atom. The van der Waals surface area contributed by atoms with Crippen LogP contribution in [-0.4, -0.2) is 12.1 Å². The van der Waals surface area contributed by atoms with Gasteiger partial charge in [0.2, 0.25) is 0 Å². The zero-order valence-corrected chi connectivity index (χ0v) is 4.47. The van der Waals surface area contributed by atoms with Crippen molar-refractivity contribution < 1.29 is 9.59 Å². The number of primary amides is 1.